The molecule has 0 saturated heterocycles. The van der Waals surface area contributed by atoms with Gasteiger partial charge in [0.1, 0.15) is 0 Å². The van der Waals surface area contributed by atoms with Crippen LogP contribution >= 0.6 is 0 Å². The molecular weight excluding hydrogens is 96.1 g/mol. The lowest BCUT2D eigenvalue weighted by Gasteiger charge is -1.84. The highest BCUT2D eigenvalue weighted by Gasteiger charge is 1.76. The molecule has 1 rings (SSSR count). The Morgan fingerprint density at radius 3 is 2.38 bits per heavy atom. The quantitative estimate of drug-likeness (QED) is 0.510. The van der Waals surface area contributed by atoms with Gasteiger partial charge in [0.05, 0.1) is 0 Å². The standard InChI is InChI=1S/C8H7/c1-2-8-6-4-3-5-7-8/h2,4-7H,1H2. The molecule has 0 nitrogen and oxygen atoms in total. The summed E-state index contributed by atoms with van der Waals surface area (Å²) >= 11 is 0. The molecule has 0 heterocycles. The first-order valence-electron chi connectivity index (χ1n) is 2.52. The molecule has 0 unspecified atom stereocenters. The van der Waals surface area contributed by atoms with Gasteiger partial charge in [-0.25, -0.2) is 0 Å². The predicted molar refractivity (Wildman–Crippen MR) is 35.4 cm³/mol. The van der Waals surface area contributed by atoms with Crippen molar-refractivity contribution in [3.05, 3.63) is 42.5 Å². The maximum atomic E-state index is 3.62. The van der Waals surface area contributed by atoms with Crippen LogP contribution in [0.1, 0.15) is 5.56 Å². The Kier molecular flexibility index (Phi) is 1.48. The Hall–Kier alpha value is -1.04. The molecule has 0 atom stereocenters. The first-order chi connectivity index (χ1) is 3.93. The van der Waals surface area contributed by atoms with Crippen molar-refractivity contribution in [1.82, 2.24) is 0 Å². The van der Waals surface area contributed by atoms with Crippen LogP contribution in [0.15, 0.2) is 30.8 Å². The number of benzene rings is 1. The molecule has 1 aromatic carbocycles. The molecule has 0 fully saturated rings. The Bertz CT molecular complexity index is 163. The van der Waals surface area contributed by atoms with Crippen molar-refractivity contribution >= 4 is 6.08 Å². The fourth-order valence-corrected chi connectivity index (χ4v) is 0.536. The fourth-order valence-electron chi connectivity index (χ4n) is 0.536. The third-order valence-corrected chi connectivity index (χ3v) is 0.980. The van der Waals surface area contributed by atoms with E-state index in [4.69, 9.17) is 0 Å². The van der Waals surface area contributed by atoms with Crippen LogP contribution in [0.25, 0.3) is 6.08 Å². The molecule has 1 aromatic rings. The topological polar surface area (TPSA) is 0 Å². The zero-order valence-corrected chi connectivity index (χ0v) is 4.59. The maximum absolute atomic E-state index is 3.62. The minimum absolute atomic E-state index is 1.14. The number of hydrogen-bond acceptors (Lipinski definition) is 0. The molecule has 1 radical (unpaired) electrons. The van der Waals surface area contributed by atoms with Crippen molar-refractivity contribution in [3.63, 3.8) is 0 Å². The lowest BCUT2D eigenvalue weighted by atomic mass is 10.2. The molecule has 39 valence electrons. The highest BCUT2D eigenvalue weighted by molar-refractivity contribution is 5.45. The third-order valence-electron chi connectivity index (χ3n) is 0.980. The molecule has 0 saturated carbocycles. The molecule has 8 heavy (non-hydrogen) atoms. The van der Waals surface area contributed by atoms with E-state index in [-0.39, 0.29) is 0 Å². The summed E-state index contributed by atoms with van der Waals surface area (Å²) in [6.45, 7) is 3.62. The highest BCUT2D eigenvalue weighted by atomic mass is 13.8. The normalized spacial score (nSPS) is 8.50. The van der Waals surface area contributed by atoms with Crippen molar-refractivity contribution in [1.29, 1.82) is 0 Å². The van der Waals surface area contributed by atoms with Crippen LogP contribution in [0.3, 0.4) is 0 Å². The van der Waals surface area contributed by atoms with Crippen LogP contribution in [0.4, 0.5) is 0 Å². The molecule has 0 N–H and O–H groups in total. The van der Waals surface area contributed by atoms with E-state index in [1.807, 2.05) is 30.3 Å². The van der Waals surface area contributed by atoms with Crippen LogP contribution in [0.2, 0.25) is 0 Å². The van der Waals surface area contributed by atoms with Gasteiger partial charge < -0.3 is 0 Å². The van der Waals surface area contributed by atoms with E-state index >= 15 is 0 Å². The lowest BCUT2D eigenvalue weighted by Crippen LogP contribution is -1.64. The van der Waals surface area contributed by atoms with Gasteiger partial charge in [-0.2, -0.15) is 0 Å². The summed E-state index contributed by atoms with van der Waals surface area (Å²) in [4.78, 5) is 0. The first kappa shape index (κ1) is 5.10. The summed E-state index contributed by atoms with van der Waals surface area (Å²) in [6.07, 6.45) is 1.81. The van der Waals surface area contributed by atoms with Crippen LogP contribution in [0.5, 0.6) is 0 Å². The zero-order valence-electron chi connectivity index (χ0n) is 4.59. The van der Waals surface area contributed by atoms with Gasteiger partial charge in [-0.15, -0.1) is 0 Å². The minimum atomic E-state index is 1.14. The monoisotopic (exact) mass is 103 g/mol. The van der Waals surface area contributed by atoms with Gasteiger partial charge in [0.15, 0.2) is 0 Å². The molecule has 0 aliphatic carbocycles. The van der Waals surface area contributed by atoms with E-state index in [1.165, 1.54) is 0 Å². The van der Waals surface area contributed by atoms with Gasteiger partial charge >= 0.3 is 0 Å². The van der Waals surface area contributed by atoms with Crippen molar-refractivity contribution in [2.24, 2.45) is 0 Å². The second-order valence-corrected chi connectivity index (χ2v) is 1.54. The smallest absolute Gasteiger partial charge is 0.0184 e. The Morgan fingerprint density at radius 2 is 2.00 bits per heavy atom. The van der Waals surface area contributed by atoms with E-state index in [9.17, 15) is 0 Å². The van der Waals surface area contributed by atoms with E-state index in [1.54, 1.807) is 0 Å². The van der Waals surface area contributed by atoms with Crippen LogP contribution < -0.4 is 0 Å². The molecule has 0 amide bonds. The van der Waals surface area contributed by atoms with Gasteiger partial charge in [0, 0.05) is 0 Å². The Balaban J connectivity index is 2.99. The molecule has 0 spiro atoms. The number of rotatable bonds is 1. The molecule has 0 heteroatoms. The zero-order chi connectivity index (χ0) is 5.82. The summed E-state index contributed by atoms with van der Waals surface area (Å²) in [5, 5.41) is 0. The molecular formula is C8H7. The summed E-state index contributed by atoms with van der Waals surface area (Å²) < 4.78 is 0. The molecule has 0 aliphatic rings. The van der Waals surface area contributed by atoms with E-state index < -0.39 is 0 Å². The van der Waals surface area contributed by atoms with Crippen molar-refractivity contribution < 1.29 is 0 Å². The predicted octanol–water partition coefficient (Wildman–Crippen LogP) is 2.13. The average molecular weight is 103 g/mol. The summed E-state index contributed by atoms with van der Waals surface area (Å²) in [5.41, 5.74) is 1.14. The minimum Gasteiger partial charge on any atom is -0.0985 e. The van der Waals surface area contributed by atoms with E-state index in [2.05, 4.69) is 12.6 Å². The number of hydrogen-bond donors (Lipinski definition) is 0. The lowest BCUT2D eigenvalue weighted by molar-refractivity contribution is 1.65. The molecule has 0 bridgehead atoms. The van der Waals surface area contributed by atoms with E-state index in [0.29, 0.717) is 0 Å². The first-order valence-corrected chi connectivity index (χ1v) is 2.52. The van der Waals surface area contributed by atoms with Gasteiger partial charge in [0.25, 0.3) is 0 Å². The van der Waals surface area contributed by atoms with Crippen LogP contribution in [-0.4, -0.2) is 0 Å². The summed E-state index contributed by atoms with van der Waals surface area (Å²) in [7, 11) is 0. The second-order valence-electron chi connectivity index (χ2n) is 1.54. The van der Waals surface area contributed by atoms with Crippen molar-refractivity contribution in [3.8, 4) is 0 Å². The highest BCUT2D eigenvalue weighted by Crippen LogP contribution is 1.96. The van der Waals surface area contributed by atoms with Crippen molar-refractivity contribution in [2.75, 3.05) is 0 Å². The van der Waals surface area contributed by atoms with E-state index in [0.717, 1.165) is 5.56 Å². The largest absolute Gasteiger partial charge is 0.0985 e. The van der Waals surface area contributed by atoms with Gasteiger partial charge in [-0.3, -0.25) is 0 Å². The van der Waals surface area contributed by atoms with Crippen LogP contribution in [-0.2, 0) is 0 Å². The SMILES string of the molecule is C=Cc1cc[c]cc1. The summed E-state index contributed by atoms with van der Waals surface area (Å²) in [5.74, 6) is 0. The Labute approximate surface area is 49.5 Å². The molecule has 0 aromatic heterocycles. The average Bonchev–Trinajstić information content (AvgIpc) is 1.90. The van der Waals surface area contributed by atoms with Gasteiger partial charge in [-0.05, 0) is 11.6 Å². The second kappa shape index (κ2) is 2.31. The van der Waals surface area contributed by atoms with Crippen LogP contribution in [0, 0.1) is 6.07 Å². The Morgan fingerprint density at radius 1 is 1.38 bits per heavy atom. The maximum Gasteiger partial charge on any atom is -0.0184 e. The fraction of sp³-hybridized carbons (Fsp3) is 0. The van der Waals surface area contributed by atoms with Gasteiger partial charge in [0.2, 0.25) is 0 Å². The van der Waals surface area contributed by atoms with Gasteiger partial charge in [-0.1, -0.05) is 36.9 Å². The third kappa shape index (κ3) is 0.969. The van der Waals surface area contributed by atoms with Crippen molar-refractivity contribution in [2.45, 2.75) is 0 Å². The molecule has 0 aliphatic heterocycles. The summed E-state index contributed by atoms with van der Waals surface area (Å²) in [6, 6.07) is 10.6.